The van der Waals surface area contributed by atoms with Crippen molar-refractivity contribution in [3.63, 3.8) is 0 Å². The van der Waals surface area contributed by atoms with Crippen molar-refractivity contribution in [3.8, 4) is 0 Å². The van der Waals surface area contributed by atoms with Crippen molar-refractivity contribution in [3.05, 3.63) is 24.4 Å². The molecular weight excluding hydrogens is 116 g/mol. The molecule has 0 saturated heterocycles. The maximum Gasteiger partial charge on any atom is 0.179 e. The van der Waals surface area contributed by atoms with Crippen molar-refractivity contribution in [1.29, 1.82) is 0 Å². The number of hydrogen-bond acceptors (Lipinski definition) is 3. The van der Waals surface area contributed by atoms with Crippen LogP contribution in [0.3, 0.4) is 0 Å². The Hall–Kier alpha value is -1.45. The highest BCUT2D eigenvalue weighted by atomic mass is 15.5. The molecule has 0 fully saturated rings. The van der Waals surface area contributed by atoms with Crippen LogP contribution in [0, 0.1) is 0 Å². The molecule has 0 saturated carbocycles. The minimum atomic E-state index is 0.775. The summed E-state index contributed by atoms with van der Waals surface area (Å²) in [6, 6.07) is 5.62. The summed E-state index contributed by atoms with van der Waals surface area (Å²) in [4.78, 5) is 0. The van der Waals surface area contributed by atoms with Gasteiger partial charge in [-0.3, -0.25) is 0 Å². The van der Waals surface area contributed by atoms with E-state index >= 15 is 0 Å². The summed E-state index contributed by atoms with van der Waals surface area (Å²) in [5.41, 5.74) is 0.775. The molecule has 0 spiro atoms. The Labute approximate surface area is 51.1 Å². The number of nitrogens with zero attached hydrogens (tertiary/aromatic N) is 4. The Kier molecular flexibility index (Phi) is 0.745. The van der Waals surface area contributed by atoms with E-state index in [1.165, 1.54) is 0 Å². The normalized spacial score (nSPS) is 10.2. The van der Waals surface area contributed by atoms with Gasteiger partial charge in [-0.1, -0.05) is 6.07 Å². The average Bonchev–Trinajstić information content (AvgIpc) is 2.33. The van der Waals surface area contributed by atoms with Crippen LogP contribution in [0.4, 0.5) is 0 Å². The SMILES string of the molecule is c1ccn2nnnc2c1. The number of tetrazole rings is 1. The molecule has 0 radical (unpaired) electrons. The van der Waals surface area contributed by atoms with Gasteiger partial charge < -0.3 is 0 Å². The van der Waals surface area contributed by atoms with E-state index in [2.05, 4.69) is 15.5 Å². The summed E-state index contributed by atoms with van der Waals surface area (Å²) >= 11 is 0. The van der Waals surface area contributed by atoms with Crippen LogP contribution in [0.15, 0.2) is 24.4 Å². The van der Waals surface area contributed by atoms with Crippen molar-refractivity contribution in [2.24, 2.45) is 0 Å². The number of aromatic nitrogens is 4. The van der Waals surface area contributed by atoms with Gasteiger partial charge in [-0.05, 0) is 22.6 Å². The molecule has 0 aliphatic rings. The monoisotopic (exact) mass is 120 g/mol. The molecule has 0 atom stereocenters. The second-order valence-electron chi connectivity index (χ2n) is 1.68. The molecule has 2 aromatic rings. The van der Waals surface area contributed by atoms with E-state index in [-0.39, 0.29) is 0 Å². The minimum absolute atomic E-state index is 0.775. The van der Waals surface area contributed by atoms with Gasteiger partial charge in [0.25, 0.3) is 0 Å². The second kappa shape index (κ2) is 1.51. The van der Waals surface area contributed by atoms with Gasteiger partial charge in [0.05, 0.1) is 0 Å². The second-order valence-corrected chi connectivity index (χ2v) is 1.68. The molecule has 0 N–H and O–H groups in total. The first-order valence-corrected chi connectivity index (χ1v) is 2.59. The predicted octanol–water partition coefficient (Wildman–Crippen LogP) is 0.124. The van der Waals surface area contributed by atoms with Gasteiger partial charge >= 0.3 is 0 Å². The lowest BCUT2D eigenvalue weighted by Crippen LogP contribution is -1.83. The third kappa shape index (κ3) is 0.561. The zero-order chi connectivity index (χ0) is 6.10. The van der Waals surface area contributed by atoms with E-state index in [4.69, 9.17) is 0 Å². The molecule has 0 unspecified atom stereocenters. The lowest BCUT2D eigenvalue weighted by molar-refractivity contribution is 0.823. The van der Waals surface area contributed by atoms with Crippen molar-refractivity contribution >= 4 is 5.65 Å². The molecule has 0 aliphatic carbocycles. The Balaban J connectivity index is 2.95. The van der Waals surface area contributed by atoms with E-state index in [1.54, 1.807) is 10.7 Å². The summed E-state index contributed by atoms with van der Waals surface area (Å²) in [6.45, 7) is 0. The van der Waals surface area contributed by atoms with Crippen molar-refractivity contribution in [1.82, 2.24) is 20.0 Å². The van der Waals surface area contributed by atoms with Gasteiger partial charge in [0, 0.05) is 6.20 Å². The van der Waals surface area contributed by atoms with Crippen LogP contribution >= 0.6 is 0 Å². The van der Waals surface area contributed by atoms with Crippen LogP contribution in [0.5, 0.6) is 0 Å². The topological polar surface area (TPSA) is 43.1 Å². The van der Waals surface area contributed by atoms with Gasteiger partial charge in [-0.2, -0.15) is 0 Å². The van der Waals surface area contributed by atoms with E-state index in [9.17, 15) is 0 Å². The molecule has 4 heteroatoms. The molecule has 2 heterocycles. The number of fused-ring (bicyclic) bond motifs is 1. The van der Waals surface area contributed by atoms with Gasteiger partial charge in [0.2, 0.25) is 0 Å². The van der Waals surface area contributed by atoms with Crippen LogP contribution in [0.1, 0.15) is 0 Å². The summed E-state index contributed by atoms with van der Waals surface area (Å²) in [5.74, 6) is 0. The molecular formula is C5H4N4. The molecule has 0 amide bonds. The standard InChI is InChI=1S/C5H4N4/c1-2-4-9-5(3-1)6-7-8-9/h1-4H. The van der Waals surface area contributed by atoms with Gasteiger partial charge in [-0.15, -0.1) is 5.10 Å². The first-order chi connectivity index (χ1) is 4.47. The Morgan fingerprint density at radius 3 is 3.22 bits per heavy atom. The fraction of sp³-hybridized carbons (Fsp3) is 0. The average molecular weight is 120 g/mol. The Morgan fingerprint density at radius 1 is 1.33 bits per heavy atom. The molecule has 2 aromatic heterocycles. The summed E-state index contributed by atoms with van der Waals surface area (Å²) in [5, 5.41) is 10.9. The largest absolute Gasteiger partial charge is 0.201 e. The molecule has 0 bridgehead atoms. The Bertz CT molecular complexity index is 283. The maximum atomic E-state index is 3.72. The van der Waals surface area contributed by atoms with Crippen molar-refractivity contribution in [2.45, 2.75) is 0 Å². The lowest BCUT2D eigenvalue weighted by Gasteiger charge is -1.82. The quantitative estimate of drug-likeness (QED) is 0.496. The molecule has 0 aromatic carbocycles. The fourth-order valence-corrected chi connectivity index (χ4v) is 0.689. The molecule has 4 nitrogen and oxygen atoms in total. The fourth-order valence-electron chi connectivity index (χ4n) is 0.689. The van der Waals surface area contributed by atoms with Crippen LogP contribution in [-0.2, 0) is 0 Å². The van der Waals surface area contributed by atoms with E-state index in [1.807, 2.05) is 18.2 Å². The Morgan fingerprint density at radius 2 is 2.33 bits per heavy atom. The summed E-state index contributed by atoms with van der Waals surface area (Å²) in [7, 11) is 0. The third-order valence-electron chi connectivity index (χ3n) is 1.10. The van der Waals surface area contributed by atoms with Crippen LogP contribution in [0.2, 0.25) is 0 Å². The van der Waals surface area contributed by atoms with Crippen LogP contribution in [0.25, 0.3) is 5.65 Å². The van der Waals surface area contributed by atoms with Gasteiger partial charge in [0.1, 0.15) is 0 Å². The highest BCUT2D eigenvalue weighted by molar-refractivity contribution is 5.33. The zero-order valence-electron chi connectivity index (χ0n) is 4.60. The van der Waals surface area contributed by atoms with Crippen LogP contribution < -0.4 is 0 Å². The maximum absolute atomic E-state index is 3.72. The number of hydrogen-bond donors (Lipinski definition) is 0. The molecule has 9 heavy (non-hydrogen) atoms. The molecule has 44 valence electrons. The number of rotatable bonds is 0. The van der Waals surface area contributed by atoms with Crippen molar-refractivity contribution in [2.75, 3.05) is 0 Å². The summed E-state index contributed by atoms with van der Waals surface area (Å²) < 4.78 is 1.61. The predicted molar refractivity (Wildman–Crippen MR) is 30.8 cm³/mol. The molecule has 0 aliphatic heterocycles. The first kappa shape index (κ1) is 4.43. The van der Waals surface area contributed by atoms with Crippen LogP contribution in [-0.4, -0.2) is 20.0 Å². The van der Waals surface area contributed by atoms with E-state index in [0.29, 0.717) is 0 Å². The van der Waals surface area contributed by atoms with Gasteiger partial charge in [0.15, 0.2) is 5.65 Å². The lowest BCUT2D eigenvalue weighted by atomic mass is 10.5. The number of pyridine rings is 1. The highest BCUT2D eigenvalue weighted by Crippen LogP contribution is 1.91. The first-order valence-electron chi connectivity index (χ1n) is 2.59. The van der Waals surface area contributed by atoms with E-state index < -0.39 is 0 Å². The molecule has 2 rings (SSSR count). The minimum Gasteiger partial charge on any atom is -0.201 e. The smallest absolute Gasteiger partial charge is 0.179 e. The van der Waals surface area contributed by atoms with Crippen molar-refractivity contribution < 1.29 is 0 Å². The summed E-state index contributed by atoms with van der Waals surface area (Å²) in [6.07, 6.45) is 1.80. The zero-order valence-corrected chi connectivity index (χ0v) is 4.60. The van der Waals surface area contributed by atoms with Gasteiger partial charge in [-0.25, -0.2) is 4.52 Å². The highest BCUT2D eigenvalue weighted by Gasteiger charge is 1.88. The third-order valence-corrected chi connectivity index (χ3v) is 1.10. The van der Waals surface area contributed by atoms with E-state index in [0.717, 1.165) is 5.65 Å².